The van der Waals surface area contributed by atoms with Crippen molar-refractivity contribution in [3.8, 4) is 11.6 Å². The summed E-state index contributed by atoms with van der Waals surface area (Å²) in [4.78, 5) is 23.7. The normalized spacial score (nSPS) is 12.3. The minimum absolute atomic E-state index is 0.102. The maximum absolute atomic E-state index is 12.3. The lowest BCUT2D eigenvalue weighted by atomic mass is 10.1. The molecule has 3 N–H and O–H groups in total. The van der Waals surface area contributed by atoms with Crippen molar-refractivity contribution >= 4 is 35.0 Å². The van der Waals surface area contributed by atoms with E-state index in [0.29, 0.717) is 21.8 Å². The first-order valence-corrected chi connectivity index (χ1v) is 8.44. The number of carbonyl (C=O) groups is 1. The Morgan fingerprint density at radius 2 is 2.16 bits per heavy atom. The molecule has 0 fully saturated rings. The smallest absolute Gasteiger partial charge is 0.286 e. The molecular formula is C14H15N5O4S2. The summed E-state index contributed by atoms with van der Waals surface area (Å²) in [7, 11) is 2.73. The molecule has 0 aliphatic carbocycles. The van der Waals surface area contributed by atoms with Gasteiger partial charge in [-0.1, -0.05) is 29.5 Å². The van der Waals surface area contributed by atoms with Crippen LogP contribution in [0.3, 0.4) is 0 Å². The SMILES string of the molecule is CNS(=O)NC(=O)/C(=N/OC)c1ccccc1Oc1cc(=S)nc[nH]1. The molecule has 2 rings (SSSR count). The molecule has 0 saturated heterocycles. The van der Waals surface area contributed by atoms with Crippen LogP contribution in [-0.4, -0.2) is 40.0 Å². The molecule has 1 aromatic heterocycles. The van der Waals surface area contributed by atoms with Crippen LogP contribution >= 0.6 is 12.2 Å². The van der Waals surface area contributed by atoms with Gasteiger partial charge in [0.2, 0.25) is 5.88 Å². The zero-order chi connectivity index (χ0) is 18.2. The number of hydrogen-bond donors (Lipinski definition) is 3. The van der Waals surface area contributed by atoms with Crippen molar-refractivity contribution in [2.75, 3.05) is 14.2 Å². The predicted molar refractivity (Wildman–Crippen MR) is 94.8 cm³/mol. The Kier molecular flexibility index (Phi) is 6.74. The van der Waals surface area contributed by atoms with Gasteiger partial charge in [-0.3, -0.25) is 9.52 Å². The first-order chi connectivity index (χ1) is 12.0. The molecule has 11 heteroatoms. The third-order valence-corrected chi connectivity index (χ3v) is 3.75. The first kappa shape index (κ1) is 18.7. The number of oxime groups is 1. The van der Waals surface area contributed by atoms with E-state index in [1.807, 2.05) is 0 Å². The molecule has 0 saturated carbocycles. The average Bonchev–Trinajstić information content (AvgIpc) is 2.60. The van der Waals surface area contributed by atoms with Crippen LogP contribution in [0.5, 0.6) is 11.6 Å². The number of para-hydroxylation sites is 1. The summed E-state index contributed by atoms with van der Waals surface area (Å²) in [5, 5.41) is 3.72. The third kappa shape index (κ3) is 5.17. The number of carbonyl (C=O) groups excluding carboxylic acids is 1. The fraction of sp³-hybridized carbons (Fsp3) is 0.143. The monoisotopic (exact) mass is 381 g/mol. The number of amides is 1. The van der Waals surface area contributed by atoms with Gasteiger partial charge in [-0.25, -0.2) is 13.9 Å². The van der Waals surface area contributed by atoms with Gasteiger partial charge in [0.15, 0.2) is 16.9 Å². The molecule has 25 heavy (non-hydrogen) atoms. The van der Waals surface area contributed by atoms with Crippen LogP contribution < -0.4 is 14.2 Å². The second kappa shape index (κ2) is 9.01. The van der Waals surface area contributed by atoms with E-state index < -0.39 is 17.1 Å². The lowest BCUT2D eigenvalue weighted by molar-refractivity contribution is -0.113. The summed E-state index contributed by atoms with van der Waals surface area (Å²) in [5.41, 5.74) is 0.237. The molecule has 9 nitrogen and oxygen atoms in total. The Hall–Kier alpha value is -2.63. The van der Waals surface area contributed by atoms with E-state index in [-0.39, 0.29) is 5.71 Å². The number of aromatic nitrogens is 2. The van der Waals surface area contributed by atoms with Crippen molar-refractivity contribution in [3.63, 3.8) is 0 Å². The number of hydrogen-bond acceptors (Lipinski definition) is 7. The summed E-state index contributed by atoms with van der Waals surface area (Å²) in [6, 6.07) is 8.20. The highest BCUT2D eigenvalue weighted by Gasteiger charge is 2.21. The quantitative estimate of drug-likeness (QED) is 0.377. The fourth-order valence-corrected chi connectivity index (χ4v) is 2.29. The summed E-state index contributed by atoms with van der Waals surface area (Å²) < 4.78 is 22.2. The predicted octanol–water partition coefficient (Wildman–Crippen LogP) is 1.20. The van der Waals surface area contributed by atoms with Crippen LogP contribution in [0.1, 0.15) is 5.56 Å². The van der Waals surface area contributed by atoms with Crippen molar-refractivity contribution in [1.82, 2.24) is 19.4 Å². The van der Waals surface area contributed by atoms with Gasteiger partial charge in [0.05, 0.1) is 11.9 Å². The standard InChI is InChI=1S/C14H15N5O4S2/c1-15-25(21)19-14(20)13(18-22-2)9-5-3-4-6-10(9)23-11-7-12(24)17-8-16-11/h3-8,15H,1-2H3,(H,19,20)(H,16,17,24)/b18-13+. The molecule has 0 bridgehead atoms. The highest BCUT2D eigenvalue weighted by molar-refractivity contribution is 7.81. The molecule has 0 aliphatic rings. The van der Waals surface area contributed by atoms with Crippen molar-refractivity contribution in [1.29, 1.82) is 0 Å². The average molecular weight is 381 g/mol. The summed E-state index contributed by atoms with van der Waals surface area (Å²) in [6.45, 7) is 0. The maximum atomic E-state index is 12.3. The van der Waals surface area contributed by atoms with Crippen LogP contribution in [0.25, 0.3) is 0 Å². The molecule has 0 spiro atoms. The largest absolute Gasteiger partial charge is 0.440 e. The Balaban J connectivity index is 2.39. The van der Waals surface area contributed by atoms with Crippen LogP contribution in [0, 0.1) is 4.64 Å². The van der Waals surface area contributed by atoms with Gasteiger partial charge >= 0.3 is 0 Å². The number of rotatable bonds is 7. The number of nitrogens with one attached hydrogen (secondary N) is 3. The van der Waals surface area contributed by atoms with Gasteiger partial charge in [0.25, 0.3) is 5.91 Å². The van der Waals surface area contributed by atoms with Crippen LogP contribution in [0.2, 0.25) is 0 Å². The summed E-state index contributed by atoms with van der Waals surface area (Å²) >= 11 is 3.23. The van der Waals surface area contributed by atoms with Gasteiger partial charge in [-0.15, -0.1) is 0 Å². The van der Waals surface area contributed by atoms with Gasteiger partial charge in [0.1, 0.15) is 17.5 Å². The van der Waals surface area contributed by atoms with Crippen molar-refractivity contribution in [2.24, 2.45) is 5.16 Å². The summed E-state index contributed by atoms with van der Waals surface area (Å²) in [5.74, 6) is -0.0442. The van der Waals surface area contributed by atoms with Crippen molar-refractivity contribution in [2.45, 2.75) is 0 Å². The number of ether oxygens (including phenoxy) is 1. The minimum atomic E-state index is -1.76. The fourth-order valence-electron chi connectivity index (χ4n) is 1.77. The third-order valence-electron chi connectivity index (χ3n) is 2.78. The Morgan fingerprint density at radius 1 is 1.40 bits per heavy atom. The van der Waals surface area contributed by atoms with Gasteiger partial charge < -0.3 is 14.6 Å². The van der Waals surface area contributed by atoms with Gasteiger partial charge in [-0.05, 0) is 19.2 Å². The van der Waals surface area contributed by atoms with Crippen LogP contribution in [0.15, 0.2) is 41.8 Å². The van der Waals surface area contributed by atoms with E-state index in [0.717, 1.165) is 0 Å². The van der Waals surface area contributed by atoms with Crippen molar-refractivity contribution in [3.05, 3.63) is 46.9 Å². The zero-order valence-corrected chi connectivity index (χ0v) is 14.9. The second-order valence-electron chi connectivity index (χ2n) is 4.37. The van der Waals surface area contributed by atoms with Gasteiger partial charge in [-0.2, -0.15) is 0 Å². The lowest BCUT2D eigenvalue weighted by Gasteiger charge is -2.12. The highest BCUT2D eigenvalue weighted by Crippen LogP contribution is 2.24. The summed E-state index contributed by atoms with van der Waals surface area (Å²) in [6.07, 6.45) is 1.40. The van der Waals surface area contributed by atoms with E-state index in [1.165, 1.54) is 26.6 Å². The first-order valence-electron chi connectivity index (χ1n) is 6.88. The molecule has 2 aromatic rings. The topological polar surface area (TPSA) is 118 Å². The zero-order valence-electron chi connectivity index (χ0n) is 13.3. The van der Waals surface area contributed by atoms with E-state index in [9.17, 15) is 9.00 Å². The maximum Gasteiger partial charge on any atom is 0.286 e. The molecule has 1 aromatic carbocycles. The molecule has 0 radical (unpaired) electrons. The van der Waals surface area contributed by atoms with Crippen molar-refractivity contribution < 1.29 is 18.6 Å². The number of H-pyrrole nitrogens is 1. The number of benzene rings is 1. The van der Waals surface area contributed by atoms with Gasteiger partial charge in [0, 0.05) is 6.07 Å². The molecule has 1 atom stereocenters. The number of aromatic amines is 1. The minimum Gasteiger partial charge on any atom is -0.440 e. The Bertz CT molecular complexity index is 868. The second-order valence-corrected chi connectivity index (χ2v) is 5.94. The number of nitrogens with zero attached hydrogens (tertiary/aromatic N) is 2. The Morgan fingerprint density at radius 3 is 2.84 bits per heavy atom. The van der Waals surface area contributed by atoms with E-state index >= 15 is 0 Å². The Labute approximate surface area is 151 Å². The molecule has 1 amide bonds. The van der Waals surface area contributed by atoms with E-state index in [2.05, 4.69) is 24.6 Å². The molecular weight excluding hydrogens is 366 g/mol. The highest BCUT2D eigenvalue weighted by atomic mass is 32.2. The van der Waals surface area contributed by atoms with E-state index in [4.69, 9.17) is 21.8 Å². The van der Waals surface area contributed by atoms with Crippen LogP contribution in [-0.2, 0) is 20.8 Å². The molecule has 132 valence electrons. The van der Waals surface area contributed by atoms with E-state index in [1.54, 1.807) is 24.3 Å². The molecule has 0 aliphatic heterocycles. The molecule has 1 unspecified atom stereocenters. The lowest BCUT2D eigenvalue weighted by Crippen LogP contribution is -2.38. The molecule has 1 heterocycles. The van der Waals surface area contributed by atoms with Crippen LogP contribution in [0.4, 0.5) is 0 Å².